The van der Waals surface area contributed by atoms with Crippen LogP contribution in [0.25, 0.3) is 0 Å². The number of carbonyl (C=O) groups excluding carboxylic acids is 1. The molecule has 2 amide bonds. The molecule has 0 spiro atoms. The summed E-state index contributed by atoms with van der Waals surface area (Å²) in [6.07, 6.45) is 3.79. The summed E-state index contributed by atoms with van der Waals surface area (Å²) >= 11 is 0. The van der Waals surface area contributed by atoms with Crippen LogP contribution < -0.4 is 5.32 Å². The average molecular weight is 182 g/mol. The molecule has 3 nitrogen and oxygen atoms in total. The maximum absolute atomic E-state index is 11.7. The van der Waals surface area contributed by atoms with Gasteiger partial charge in [0.1, 0.15) is 0 Å². The van der Waals surface area contributed by atoms with Crippen molar-refractivity contribution in [2.24, 2.45) is 5.92 Å². The molecule has 0 aromatic carbocycles. The fourth-order valence-electron chi connectivity index (χ4n) is 2.50. The molecular weight excluding hydrogens is 164 g/mol. The van der Waals surface area contributed by atoms with E-state index in [2.05, 4.69) is 5.32 Å². The van der Waals surface area contributed by atoms with Crippen LogP contribution in [0.15, 0.2) is 0 Å². The Kier molecular flexibility index (Phi) is 2.18. The van der Waals surface area contributed by atoms with Crippen molar-refractivity contribution in [1.29, 1.82) is 0 Å². The summed E-state index contributed by atoms with van der Waals surface area (Å²) in [4.78, 5) is 13.7. The highest BCUT2D eigenvalue weighted by Gasteiger charge is 2.40. The molecule has 2 unspecified atom stereocenters. The van der Waals surface area contributed by atoms with Crippen LogP contribution in [0.4, 0.5) is 4.79 Å². The van der Waals surface area contributed by atoms with Crippen LogP contribution in [0.3, 0.4) is 0 Å². The van der Waals surface area contributed by atoms with Gasteiger partial charge in [0, 0.05) is 18.6 Å². The first-order valence-electron chi connectivity index (χ1n) is 5.24. The summed E-state index contributed by atoms with van der Waals surface area (Å²) in [5, 5.41) is 2.96. The van der Waals surface area contributed by atoms with E-state index in [4.69, 9.17) is 0 Å². The molecule has 1 N–H and O–H groups in total. The minimum Gasteiger partial charge on any atom is -0.336 e. The van der Waals surface area contributed by atoms with Crippen molar-refractivity contribution >= 4 is 6.03 Å². The highest BCUT2D eigenvalue weighted by molar-refractivity contribution is 5.75. The number of nitrogens with zero attached hydrogens (tertiary/aromatic N) is 1. The molecule has 2 bridgehead atoms. The molecule has 13 heavy (non-hydrogen) atoms. The maximum Gasteiger partial charge on any atom is 0.317 e. The quantitative estimate of drug-likeness (QED) is 0.656. The first-order chi connectivity index (χ1) is 6.16. The molecule has 3 heteroatoms. The van der Waals surface area contributed by atoms with E-state index in [9.17, 15) is 4.79 Å². The van der Waals surface area contributed by atoms with E-state index in [0.29, 0.717) is 6.04 Å². The maximum atomic E-state index is 11.7. The summed E-state index contributed by atoms with van der Waals surface area (Å²) in [5.74, 6) is 0.794. The Hall–Kier alpha value is -0.730. The predicted molar refractivity (Wildman–Crippen MR) is 51.5 cm³/mol. The number of likely N-dealkylation sites (tertiary alicyclic amines) is 1. The Labute approximate surface area is 79.5 Å². The lowest BCUT2D eigenvalue weighted by molar-refractivity contribution is 0.178. The summed E-state index contributed by atoms with van der Waals surface area (Å²) in [5.41, 5.74) is 0. The lowest BCUT2D eigenvalue weighted by Gasteiger charge is -2.28. The van der Waals surface area contributed by atoms with Crippen molar-refractivity contribution in [2.45, 2.75) is 45.2 Å². The molecule has 1 saturated carbocycles. The van der Waals surface area contributed by atoms with E-state index in [1.807, 2.05) is 18.7 Å². The fourth-order valence-corrected chi connectivity index (χ4v) is 2.50. The first-order valence-corrected chi connectivity index (χ1v) is 5.24. The first kappa shape index (κ1) is 8.85. The molecule has 1 aliphatic carbocycles. The topological polar surface area (TPSA) is 32.3 Å². The van der Waals surface area contributed by atoms with Gasteiger partial charge in [0.05, 0.1) is 0 Å². The molecule has 1 saturated heterocycles. The van der Waals surface area contributed by atoms with E-state index in [-0.39, 0.29) is 12.1 Å². The van der Waals surface area contributed by atoms with E-state index in [0.717, 1.165) is 12.5 Å². The van der Waals surface area contributed by atoms with Gasteiger partial charge >= 0.3 is 6.03 Å². The van der Waals surface area contributed by atoms with Crippen LogP contribution in [0, 0.1) is 5.92 Å². The third-order valence-electron chi connectivity index (χ3n) is 3.08. The minimum absolute atomic E-state index is 0.141. The van der Waals surface area contributed by atoms with Crippen molar-refractivity contribution in [2.75, 3.05) is 6.54 Å². The number of carbonyl (C=O) groups is 1. The lowest BCUT2D eigenvalue weighted by atomic mass is 10.1. The van der Waals surface area contributed by atoms with Gasteiger partial charge < -0.3 is 10.2 Å². The molecule has 0 radical (unpaired) electrons. The predicted octanol–water partition coefficient (Wildman–Crippen LogP) is 1.59. The number of urea groups is 1. The highest BCUT2D eigenvalue weighted by Crippen LogP contribution is 2.37. The zero-order valence-corrected chi connectivity index (χ0v) is 8.42. The summed E-state index contributed by atoms with van der Waals surface area (Å²) in [6.45, 7) is 5.00. The van der Waals surface area contributed by atoms with E-state index >= 15 is 0 Å². The number of rotatable bonds is 1. The Bertz CT molecular complexity index is 215. The molecule has 1 heterocycles. The van der Waals surface area contributed by atoms with Gasteiger partial charge in [-0.15, -0.1) is 0 Å². The second kappa shape index (κ2) is 3.20. The third kappa shape index (κ3) is 1.64. The van der Waals surface area contributed by atoms with Crippen LogP contribution in [-0.2, 0) is 0 Å². The molecule has 2 atom stereocenters. The molecule has 0 aromatic heterocycles. The van der Waals surface area contributed by atoms with Gasteiger partial charge in [-0.3, -0.25) is 0 Å². The SMILES string of the molecule is CC(C)NC(=O)N1CC2CCC1C2. The van der Waals surface area contributed by atoms with Gasteiger partial charge in [-0.05, 0) is 39.0 Å². The second-order valence-electron chi connectivity index (χ2n) is 4.59. The van der Waals surface area contributed by atoms with Crippen molar-refractivity contribution < 1.29 is 4.79 Å². The number of hydrogen-bond donors (Lipinski definition) is 1. The van der Waals surface area contributed by atoms with E-state index < -0.39 is 0 Å². The Morgan fingerprint density at radius 3 is 2.69 bits per heavy atom. The monoisotopic (exact) mass is 182 g/mol. The Balaban J connectivity index is 1.91. The summed E-state index contributed by atoms with van der Waals surface area (Å²) < 4.78 is 0. The van der Waals surface area contributed by atoms with Crippen LogP contribution >= 0.6 is 0 Å². The Morgan fingerprint density at radius 2 is 2.23 bits per heavy atom. The normalized spacial score (nSPS) is 31.5. The molecular formula is C10H18N2O. The van der Waals surface area contributed by atoms with Crippen LogP contribution in [0.5, 0.6) is 0 Å². The molecule has 1 aliphatic heterocycles. The average Bonchev–Trinajstić information content (AvgIpc) is 2.62. The molecule has 2 aliphatic rings. The van der Waals surface area contributed by atoms with E-state index in [1.165, 1.54) is 19.3 Å². The largest absolute Gasteiger partial charge is 0.336 e. The zero-order chi connectivity index (χ0) is 9.42. The van der Waals surface area contributed by atoms with Gasteiger partial charge in [0.2, 0.25) is 0 Å². The second-order valence-corrected chi connectivity index (χ2v) is 4.59. The van der Waals surface area contributed by atoms with Gasteiger partial charge in [-0.25, -0.2) is 4.79 Å². The van der Waals surface area contributed by atoms with Crippen LogP contribution in [-0.4, -0.2) is 29.6 Å². The minimum atomic E-state index is 0.141. The van der Waals surface area contributed by atoms with Crippen molar-refractivity contribution in [1.82, 2.24) is 10.2 Å². The van der Waals surface area contributed by atoms with Crippen molar-refractivity contribution in [3.05, 3.63) is 0 Å². The zero-order valence-electron chi connectivity index (χ0n) is 8.42. The third-order valence-corrected chi connectivity index (χ3v) is 3.08. The number of piperidine rings is 1. The smallest absolute Gasteiger partial charge is 0.317 e. The standard InChI is InChI=1S/C10H18N2O/c1-7(2)11-10(13)12-6-8-3-4-9(12)5-8/h7-9H,3-6H2,1-2H3,(H,11,13). The van der Waals surface area contributed by atoms with Gasteiger partial charge in [0.25, 0.3) is 0 Å². The van der Waals surface area contributed by atoms with Crippen LogP contribution in [0.1, 0.15) is 33.1 Å². The van der Waals surface area contributed by atoms with Crippen molar-refractivity contribution in [3.8, 4) is 0 Å². The molecule has 2 rings (SSSR count). The van der Waals surface area contributed by atoms with Gasteiger partial charge in [-0.2, -0.15) is 0 Å². The van der Waals surface area contributed by atoms with Crippen molar-refractivity contribution in [3.63, 3.8) is 0 Å². The summed E-state index contributed by atoms with van der Waals surface area (Å²) in [6, 6.07) is 0.942. The number of nitrogens with one attached hydrogen (secondary N) is 1. The van der Waals surface area contributed by atoms with Crippen LogP contribution in [0.2, 0.25) is 0 Å². The molecule has 0 aromatic rings. The van der Waals surface area contributed by atoms with Gasteiger partial charge in [0.15, 0.2) is 0 Å². The summed E-state index contributed by atoms with van der Waals surface area (Å²) in [7, 11) is 0. The Morgan fingerprint density at radius 1 is 1.46 bits per heavy atom. The number of amides is 2. The molecule has 74 valence electrons. The van der Waals surface area contributed by atoms with E-state index in [1.54, 1.807) is 0 Å². The molecule has 2 fully saturated rings. The fraction of sp³-hybridized carbons (Fsp3) is 0.900. The number of fused-ring (bicyclic) bond motifs is 2. The highest BCUT2D eigenvalue weighted by atomic mass is 16.2. The van der Waals surface area contributed by atoms with Gasteiger partial charge in [-0.1, -0.05) is 0 Å². The number of hydrogen-bond acceptors (Lipinski definition) is 1. The lowest BCUT2D eigenvalue weighted by Crippen LogP contribution is -2.46.